The predicted molar refractivity (Wildman–Crippen MR) is 94.2 cm³/mol. The van der Waals surface area contributed by atoms with Gasteiger partial charge in [-0.2, -0.15) is 52.7 Å². The van der Waals surface area contributed by atoms with Crippen LogP contribution >= 0.6 is 0 Å². The van der Waals surface area contributed by atoms with Gasteiger partial charge in [-0.05, 0) is 59.4 Å². The van der Waals surface area contributed by atoms with Gasteiger partial charge < -0.3 is 10.2 Å². The van der Waals surface area contributed by atoms with Crippen molar-refractivity contribution in [2.75, 3.05) is 33.7 Å². The second-order valence-corrected chi connectivity index (χ2v) is 8.12. The van der Waals surface area contributed by atoms with E-state index in [4.69, 9.17) is 0 Å². The smallest absolute Gasteiger partial charge is 0.317 e. The molecule has 0 fully saturated rings. The molecule has 0 aliphatic heterocycles. The van der Waals surface area contributed by atoms with E-state index in [2.05, 4.69) is 5.32 Å². The number of halogens is 13. The first-order valence-corrected chi connectivity index (χ1v) is 9.94. The lowest BCUT2D eigenvalue weighted by Crippen LogP contribution is -2.55. The van der Waals surface area contributed by atoms with E-state index in [0.717, 1.165) is 13.0 Å². The fourth-order valence-corrected chi connectivity index (χ4v) is 3.11. The van der Waals surface area contributed by atoms with E-state index in [1.165, 1.54) is 0 Å². The summed E-state index contributed by atoms with van der Waals surface area (Å²) < 4.78 is 169. The van der Waals surface area contributed by atoms with Gasteiger partial charge in [0.1, 0.15) is 0 Å². The van der Waals surface area contributed by atoms with Crippen molar-refractivity contribution in [2.45, 2.75) is 68.9 Å². The van der Waals surface area contributed by atoms with Crippen molar-refractivity contribution in [1.82, 2.24) is 10.2 Å². The summed E-state index contributed by atoms with van der Waals surface area (Å²) in [6.07, 6.45) is -30.6. The highest BCUT2D eigenvalue weighted by molar-refractivity contribution is 4.97. The van der Waals surface area contributed by atoms with Crippen LogP contribution in [0.3, 0.4) is 0 Å². The SMILES string of the molecule is CN(C)CCCNCCCC[C@@H](CC(CC(F)(C(F)(F)F)C(F)(F)F)C(F)(F)F)C(F)(F)F. The highest BCUT2D eigenvalue weighted by atomic mass is 19.4. The molecular formula is C18H27F13N2. The second kappa shape index (κ2) is 12.1. The lowest BCUT2D eigenvalue weighted by Gasteiger charge is -2.35. The van der Waals surface area contributed by atoms with Crippen LogP contribution in [0.4, 0.5) is 57.1 Å². The molecule has 0 heterocycles. The Labute approximate surface area is 182 Å². The molecule has 0 saturated carbocycles. The van der Waals surface area contributed by atoms with Crippen LogP contribution in [0, 0.1) is 11.8 Å². The van der Waals surface area contributed by atoms with E-state index in [1.807, 2.05) is 19.0 Å². The van der Waals surface area contributed by atoms with E-state index in [0.29, 0.717) is 6.54 Å². The van der Waals surface area contributed by atoms with Crippen LogP contribution in [-0.4, -0.2) is 69.0 Å². The summed E-state index contributed by atoms with van der Waals surface area (Å²) in [5, 5.41) is 2.90. The fourth-order valence-electron chi connectivity index (χ4n) is 3.11. The van der Waals surface area contributed by atoms with Crippen LogP contribution in [0.15, 0.2) is 0 Å². The molecule has 0 amide bonds. The molecule has 0 saturated heterocycles. The quantitative estimate of drug-likeness (QED) is 0.217. The molecule has 0 aromatic heterocycles. The summed E-state index contributed by atoms with van der Waals surface area (Å²) in [6, 6.07) is 0. The molecule has 1 unspecified atom stereocenters. The fraction of sp³-hybridized carbons (Fsp3) is 1.00. The Morgan fingerprint density at radius 3 is 1.48 bits per heavy atom. The van der Waals surface area contributed by atoms with Gasteiger partial charge >= 0.3 is 24.7 Å². The molecule has 2 atom stereocenters. The maximum Gasteiger partial charge on any atom is 0.431 e. The number of hydrogen-bond donors (Lipinski definition) is 1. The van der Waals surface area contributed by atoms with E-state index in [-0.39, 0.29) is 19.4 Å². The highest BCUT2D eigenvalue weighted by Gasteiger charge is 2.74. The number of rotatable bonds is 13. The third-order valence-corrected chi connectivity index (χ3v) is 5.04. The van der Waals surface area contributed by atoms with Crippen molar-refractivity contribution >= 4 is 0 Å². The number of alkyl halides is 13. The van der Waals surface area contributed by atoms with Gasteiger partial charge in [-0.15, -0.1) is 0 Å². The largest absolute Gasteiger partial charge is 0.431 e. The van der Waals surface area contributed by atoms with E-state index in [1.54, 1.807) is 0 Å². The van der Waals surface area contributed by atoms with Gasteiger partial charge in [0.15, 0.2) is 0 Å². The summed E-state index contributed by atoms with van der Waals surface area (Å²) in [4.78, 5) is 1.89. The first-order chi connectivity index (χ1) is 14.6. The second-order valence-electron chi connectivity index (χ2n) is 8.12. The Hall–Kier alpha value is -0.990. The van der Waals surface area contributed by atoms with Gasteiger partial charge in [-0.3, -0.25) is 0 Å². The minimum atomic E-state index is -6.79. The number of hydrogen-bond acceptors (Lipinski definition) is 2. The van der Waals surface area contributed by atoms with Crippen molar-refractivity contribution in [2.24, 2.45) is 11.8 Å². The van der Waals surface area contributed by atoms with Gasteiger partial charge in [0, 0.05) is 6.42 Å². The molecule has 0 radical (unpaired) electrons. The lowest BCUT2D eigenvalue weighted by atomic mass is 9.82. The van der Waals surface area contributed by atoms with Crippen LogP contribution < -0.4 is 5.32 Å². The standard InChI is InChI=1S/C18H27F13N2/c1-33(2)9-5-8-32-7-4-3-6-12(15(20,21)22)10-13(16(23,24)25)11-14(19,17(26,27)28)18(29,30)31/h12-13,32H,3-11H2,1-2H3/t12-,13?/m0/s1. The van der Waals surface area contributed by atoms with Crippen molar-refractivity contribution in [3.05, 3.63) is 0 Å². The molecule has 33 heavy (non-hydrogen) atoms. The topological polar surface area (TPSA) is 15.3 Å². The third-order valence-electron chi connectivity index (χ3n) is 5.04. The zero-order chi connectivity index (χ0) is 26.3. The van der Waals surface area contributed by atoms with Crippen molar-refractivity contribution < 1.29 is 57.1 Å². The molecule has 0 rings (SSSR count). The number of nitrogens with zero attached hydrogens (tertiary/aromatic N) is 1. The van der Waals surface area contributed by atoms with Crippen LogP contribution in [-0.2, 0) is 0 Å². The molecule has 0 aromatic carbocycles. The molecule has 200 valence electrons. The van der Waals surface area contributed by atoms with Crippen molar-refractivity contribution in [3.8, 4) is 0 Å². The molecule has 0 spiro atoms. The molecule has 0 aliphatic rings. The van der Waals surface area contributed by atoms with Gasteiger partial charge in [-0.25, -0.2) is 4.39 Å². The summed E-state index contributed by atoms with van der Waals surface area (Å²) in [5.41, 5.74) is -6.30. The molecular weight excluding hydrogens is 491 g/mol. The maximum absolute atomic E-state index is 13.8. The Morgan fingerprint density at radius 2 is 1.09 bits per heavy atom. The van der Waals surface area contributed by atoms with Gasteiger partial charge in [0.25, 0.3) is 5.67 Å². The first kappa shape index (κ1) is 32.0. The van der Waals surface area contributed by atoms with E-state index in [9.17, 15) is 57.1 Å². The predicted octanol–water partition coefficient (Wildman–Crippen LogP) is 6.67. The molecule has 2 nitrogen and oxygen atoms in total. The zero-order valence-electron chi connectivity index (χ0n) is 17.9. The average Bonchev–Trinajstić information content (AvgIpc) is 2.57. The van der Waals surface area contributed by atoms with E-state index >= 15 is 0 Å². The molecule has 0 aliphatic carbocycles. The monoisotopic (exact) mass is 518 g/mol. The van der Waals surface area contributed by atoms with Gasteiger partial charge in [0.2, 0.25) is 0 Å². The van der Waals surface area contributed by atoms with Crippen LogP contribution in [0.2, 0.25) is 0 Å². The summed E-state index contributed by atoms with van der Waals surface area (Å²) >= 11 is 0. The maximum atomic E-state index is 13.8. The normalized spacial score (nSPS) is 16.4. The zero-order valence-corrected chi connectivity index (χ0v) is 17.9. The summed E-state index contributed by atoms with van der Waals surface area (Å²) in [7, 11) is 3.64. The lowest BCUT2D eigenvalue weighted by molar-refractivity contribution is -0.353. The number of unbranched alkanes of at least 4 members (excludes halogenated alkanes) is 1. The highest BCUT2D eigenvalue weighted by Crippen LogP contribution is 2.53. The molecule has 0 aromatic rings. The third kappa shape index (κ3) is 10.9. The van der Waals surface area contributed by atoms with Crippen molar-refractivity contribution in [3.63, 3.8) is 0 Å². The summed E-state index contributed by atoms with van der Waals surface area (Å²) in [6.45, 7) is 1.47. The number of nitrogens with one attached hydrogen (secondary N) is 1. The van der Waals surface area contributed by atoms with Gasteiger partial charge in [-0.1, -0.05) is 6.42 Å². The van der Waals surface area contributed by atoms with Crippen LogP contribution in [0.25, 0.3) is 0 Å². The Bertz CT molecular complexity index is 536. The Kier molecular flexibility index (Phi) is 11.8. The van der Waals surface area contributed by atoms with Crippen LogP contribution in [0.5, 0.6) is 0 Å². The van der Waals surface area contributed by atoms with Crippen molar-refractivity contribution in [1.29, 1.82) is 0 Å². The van der Waals surface area contributed by atoms with Crippen LogP contribution in [0.1, 0.15) is 38.5 Å². The van der Waals surface area contributed by atoms with E-state index < -0.39 is 61.5 Å². The minimum absolute atomic E-state index is 0.0867. The summed E-state index contributed by atoms with van der Waals surface area (Å²) in [5.74, 6) is -6.65. The molecule has 1 N–H and O–H groups in total. The first-order valence-electron chi connectivity index (χ1n) is 9.94. The van der Waals surface area contributed by atoms with Gasteiger partial charge in [0.05, 0.1) is 11.8 Å². The Balaban J connectivity index is 5.25. The molecule has 15 heteroatoms. The minimum Gasteiger partial charge on any atom is -0.317 e. The molecule has 0 bridgehead atoms. The Morgan fingerprint density at radius 1 is 0.636 bits per heavy atom. The average molecular weight is 518 g/mol.